The Morgan fingerprint density at radius 3 is 1.78 bits per heavy atom. The molecule has 8 heteroatoms. The van der Waals surface area contributed by atoms with E-state index < -0.39 is 0 Å². The van der Waals surface area contributed by atoms with Crippen LogP contribution in [-0.2, 0) is 0 Å². The molecule has 294 valence electrons. The minimum absolute atomic E-state index is 0.631. The second-order valence-electron chi connectivity index (χ2n) is 15.8. The summed E-state index contributed by atoms with van der Waals surface area (Å²) in [5.41, 5.74) is 15.0. The van der Waals surface area contributed by atoms with Crippen LogP contribution in [0.4, 0.5) is 0 Å². The van der Waals surface area contributed by atoms with Crippen molar-refractivity contribution < 1.29 is 0 Å². The molecule has 0 N–H and O–H groups in total. The zero-order valence-corrected chi connectivity index (χ0v) is 34.4. The number of thiophene rings is 1. The van der Waals surface area contributed by atoms with Gasteiger partial charge in [-0.25, -0.2) is 15.0 Å². The molecule has 6 aromatic carbocycles. The van der Waals surface area contributed by atoms with Gasteiger partial charge in [-0.05, 0) is 77.9 Å². The average Bonchev–Trinajstić information content (AvgIpc) is 4.01. The van der Waals surface area contributed by atoms with Crippen LogP contribution in [0.25, 0.3) is 121 Å². The Morgan fingerprint density at radius 2 is 1.00 bits per heavy atom. The van der Waals surface area contributed by atoms with Gasteiger partial charge >= 0.3 is 0 Å². The van der Waals surface area contributed by atoms with Crippen LogP contribution in [0.2, 0.25) is 0 Å². The van der Waals surface area contributed by atoms with E-state index in [0.29, 0.717) is 5.95 Å². The van der Waals surface area contributed by atoms with Gasteiger partial charge in [0.05, 0.1) is 60.4 Å². The van der Waals surface area contributed by atoms with E-state index in [1.165, 1.54) is 10.8 Å². The lowest BCUT2D eigenvalue weighted by molar-refractivity contribution is 0.995. The molecule has 0 atom stereocenters. The Morgan fingerprint density at radius 1 is 0.365 bits per heavy atom. The number of hydrogen-bond acceptors (Lipinski definition) is 6. The molecule has 0 radical (unpaired) electrons. The summed E-state index contributed by atoms with van der Waals surface area (Å²) in [4.78, 5) is 25.0. The van der Waals surface area contributed by atoms with E-state index in [1.54, 1.807) is 11.3 Å². The summed E-state index contributed by atoms with van der Waals surface area (Å²) in [7, 11) is 0. The van der Waals surface area contributed by atoms with Gasteiger partial charge in [0.25, 0.3) is 0 Å². The molecule has 0 aliphatic heterocycles. The molecule has 0 aliphatic rings. The van der Waals surface area contributed by atoms with E-state index in [4.69, 9.17) is 19.9 Å². The lowest BCUT2D eigenvalue weighted by Crippen LogP contribution is -2.03. The average molecular weight is 824 g/mol. The second kappa shape index (κ2) is 14.1. The quantitative estimate of drug-likeness (QED) is 0.167. The number of pyridine rings is 3. The van der Waals surface area contributed by atoms with E-state index in [0.717, 1.165) is 104 Å². The third-order valence-electron chi connectivity index (χ3n) is 12.1. The first-order valence-electron chi connectivity index (χ1n) is 20.9. The number of aromatic nitrogens is 7. The summed E-state index contributed by atoms with van der Waals surface area (Å²) in [6, 6.07) is 64.0. The Balaban J connectivity index is 0.961. The first kappa shape index (κ1) is 35.4. The van der Waals surface area contributed by atoms with E-state index >= 15 is 0 Å². The summed E-state index contributed by atoms with van der Waals surface area (Å²) in [5, 5.41) is 4.64. The smallest absolute Gasteiger partial charge is 0.235 e. The molecule has 0 saturated carbocycles. The van der Waals surface area contributed by atoms with Gasteiger partial charge in [0.2, 0.25) is 5.95 Å². The third kappa shape index (κ3) is 5.76. The molecule has 7 aromatic heterocycles. The van der Waals surface area contributed by atoms with E-state index in [9.17, 15) is 0 Å². The fourth-order valence-electron chi connectivity index (χ4n) is 9.16. The lowest BCUT2D eigenvalue weighted by atomic mass is 10.0. The minimum Gasteiger partial charge on any atom is -0.308 e. The molecule has 7 nitrogen and oxygen atoms in total. The first-order chi connectivity index (χ1) is 31.2. The summed E-state index contributed by atoms with van der Waals surface area (Å²) in [5.74, 6) is 0.631. The number of hydrogen-bond donors (Lipinski definition) is 0. The van der Waals surface area contributed by atoms with Crippen molar-refractivity contribution in [1.29, 1.82) is 0 Å². The van der Waals surface area contributed by atoms with Crippen LogP contribution in [0.3, 0.4) is 0 Å². The first-order valence-corrected chi connectivity index (χ1v) is 21.7. The second-order valence-corrected chi connectivity index (χ2v) is 16.9. The van der Waals surface area contributed by atoms with E-state index in [1.807, 2.05) is 36.8 Å². The zero-order chi connectivity index (χ0) is 41.4. The van der Waals surface area contributed by atoms with Crippen LogP contribution in [0.5, 0.6) is 0 Å². The van der Waals surface area contributed by atoms with Crippen LogP contribution < -0.4 is 0 Å². The van der Waals surface area contributed by atoms with Crippen molar-refractivity contribution in [2.45, 2.75) is 0 Å². The van der Waals surface area contributed by atoms with Gasteiger partial charge in [-0.1, -0.05) is 115 Å². The van der Waals surface area contributed by atoms with Gasteiger partial charge in [0, 0.05) is 50.6 Å². The summed E-state index contributed by atoms with van der Waals surface area (Å²) < 4.78 is 6.79. The number of para-hydroxylation sites is 2. The van der Waals surface area contributed by atoms with Crippen molar-refractivity contribution in [1.82, 2.24) is 34.1 Å². The molecule has 0 fully saturated rings. The van der Waals surface area contributed by atoms with Gasteiger partial charge in [-0.2, -0.15) is 0 Å². The maximum atomic E-state index is 5.23. The minimum atomic E-state index is 0.631. The van der Waals surface area contributed by atoms with Crippen LogP contribution >= 0.6 is 11.3 Å². The molecule has 0 unspecified atom stereocenters. The molecule has 13 rings (SSSR count). The van der Waals surface area contributed by atoms with Gasteiger partial charge in [0.15, 0.2) is 0 Å². The molecule has 0 bridgehead atoms. The standard InChI is InChI=1S/C55H33N7S/c1-3-12-34(13-4-1)45-31-46(35-14-5-2-6-15-35)60-55(59-45)62-48-19-10-8-17-41(48)43-29-36(22-25-49(43)62)37-21-23-42-40-16-7-9-18-47(40)61(50(42)30-37)39-28-38(32-56-33-39)44-24-26-52-54(58-44)53-51(63-52)20-11-27-57-53/h1-33H. The van der Waals surface area contributed by atoms with Crippen LogP contribution in [0, 0.1) is 0 Å². The highest BCUT2D eigenvalue weighted by Gasteiger charge is 2.19. The van der Waals surface area contributed by atoms with E-state index in [-0.39, 0.29) is 0 Å². The zero-order valence-electron chi connectivity index (χ0n) is 33.6. The van der Waals surface area contributed by atoms with Crippen LogP contribution in [0.1, 0.15) is 0 Å². The van der Waals surface area contributed by atoms with Gasteiger partial charge < -0.3 is 4.57 Å². The maximum absolute atomic E-state index is 5.23. The topological polar surface area (TPSA) is 74.3 Å². The molecular formula is C55H33N7S. The predicted octanol–water partition coefficient (Wildman–Crippen LogP) is 13.9. The van der Waals surface area contributed by atoms with Crippen LogP contribution in [-0.4, -0.2) is 34.1 Å². The van der Waals surface area contributed by atoms with Crippen molar-refractivity contribution in [2.24, 2.45) is 0 Å². The van der Waals surface area contributed by atoms with Crippen molar-refractivity contribution in [3.05, 3.63) is 201 Å². The molecule has 7 heterocycles. The molecule has 13 aromatic rings. The van der Waals surface area contributed by atoms with Crippen molar-refractivity contribution in [3.63, 3.8) is 0 Å². The van der Waals surface area contributed by atoms with Crippen molar-refractivity contribution in [2.75, 3.05) is 0 Å². The summed E-state index contributed by atoms with van der Waals surface area (Å²) in [6.07, 6.45) is 5.68. The third-order valence-corrected chi connectivity index (χ3v) is 13.2. The number of nitrogens with zero attached hydrogens (tertiary/aromatic N) is 7. The fourth-order valence-corrected chi connectivity index (χ4v) is 10.2. The number of benzene rings is 6. The molecule has 0 spiro atoms. The highest BCUT2D eigenvalue weighted by molar-refractivity contribution is 7.25. The molecule has 0 saturated heterocycles. The Bertz CT molecular complexity index is 3870. The van der Waals surface area contributed by atoms with Gasteiger partial charge in [-0.3, -0.25) is 14.5 Å². The lowest BCUT2D eigenvalue weighted by Gasteiger charge is -2.12. The maximum Gasteiger partial charge on any atom is 0.235 e. The molecule has 63 heavy (non-hydrogen) atoms. The van der Waals surface area contributed by atoms with Gasteiger partial charge in [0.1, 0.15) is 11.0 Å². The normalized spacial score (nSPS) is 11.8. The highest BCUT2D eigenvalue weighted by Crippen LogP contribution is 2.39. The fraction of sp³-hybridized carbons (Fsp3) is 0. The molecule has 0 aliphatic carbocycles. The number of rotatable bonds is 6. The monoisotopic (exact) mass is 823 g/mol. The summed E-state index contributed by atoms with van der Waals surface area (Å²) >= 11 is 1.72. The SMILES string of the molecule is c1ccc(-c2cc(-c3ccccc3)nc(-n3c4ccccc4c4cc(-c5ccc6c7ccccc7n(-c7cncc(-c8ccc9sc%10cccnc%10c9n8)c7)c6c5)ccc43)n2)cc1. The Hall–Kier alpha value is -8.33. The number of fused-ring (bicyclic) bond motifs is 9. The van der Waals surface area contributed by atoms with E-state index in [2.05, 4.69) is 178 Å². The summed E-state index contributed by atoms with van der Waals surface area (Å²) in [6.45, 7) is 0. The Labute approximate surface area is 364 Å². The predicted molar refractivity (Wildman–Crippen MR) is 259 cm³/mol. The Kier molecular flexibility index (Phi) is 7.94. The van der Waals surface area contributed by atoms with Crippen molar-refractivity contribution >= 4 is 75.4 Å². The van der Waals surface area contributed by atoms with Crippen molar-refractivity contribution in [3.8, 4) is 56.5 Å². The van der Waals surface area contributed by atoms with Crippen LogP contribution in [0.15, 0.2) is 201 Å². The van der Waals surface area contributed by atoms with Gasteiger partial charge in [-0.15, -0.1) is 11.3 Å². The largest absolute Gasteiger partial charge is 0.308 e. The molecule has 0 amide bonds. The molecular weight excluding hydrogens is 791 g/mol. The highest BCUT2D eigenvalue weighted by atomic mass is 32.1.